The van der Waals surface area contributed by atoms with Crippen molar-refractivity contribution in [2.45, 2.75) is 52.5 Å². The number of rotatable bonds is 1. The number of hydrogen-bond acceptors (Lipinski definition) is 1. The highest BCUT2D eigenvalue weighted by Crippen LogP contribution is 2.37. The molecular weight excluding hydrogens is 146 g/mol. The van der Waals surface area contributed by atoms with Gasteiger partial charge in [0.05, 0.1) is 0 Å². The van der Waals surface area contributed by atoms with E-state index in [9.17, 15) is 0 Å². The van der Waals surface area contributed by atoms with Crippen LogP contribution in [0.2, 0.25) is 0 Å². The lowest BCUT2D eigenvalue weighted by molar-refractivity contribution is 0.157. The van der Waals surface area contributed by atoms with E-state index in [1.165, 1.54) is 25.7 Å². The minimum absolute atomic E-state index is 0.509. The third-order valence-corrected chi connectivity index (χ3v) is 3.31. The van der Waals surface area contributed by atoms with E-state index in [4.69, 9.17) is 0 Å². The molecule has 12 heavy (non-hydrogen) atoms. The van der Waals surface area contributed by atoms with Crippen molar-refractivity contribution in [3.8, 4) is 0 Å². The molecule has 1 saturated carbocycles. The van der Waals surface area contributed by atoms with E-state index in [1.807, 2.05) is 0 Å². The van der Waals surface area contributed by atoms with Crippen LogP contribution in [0.4, 0.5) is 0 Å². The zero-order valence-electron chi connectivity index (χ0n) is 8.98. The van der Waals surface area contributed by atoms with Gasteiger partial charge in [-0.3, -0.25) is 0 Å². The molecule has 0 aromatic heterocycles. The Morgan fingerprint density at radius 2 is 1.83 bits per heavy atom. The van der Waals surface area contributed by atoms with Gasteiger partial charge in [-0.2, -0.15) is 0 Å². The summed E-state index contributed by atoms with van der Waals surface area (Å²) in [6, 6.07) is 0.781. The summed E-state index contributed by atoms with van der Waals surface area (Å²) in [5, 5.41) is 3.41. The maximum absolute atomic E-state index is 3.41. The average molecular weight is 169 g/mol. The van der Waals surface area contributed by atoms with Crippen LogP contribution in [0.3, 0.4) is 0 Å². The van der Waals surface area contributed by atoms with Gasteiger partial charge in [-0.25, -0.2) is 0 Å². The molecule has 0 radical (unpaired) electrons. The molecule has 2 atom stereocenters. The molecule has 1 aliphatic carbocycles. The summed E-state index contributed by atoms with van der Waals surface area (Å²) >= 11 is 0. The van der Waals surface area contributed by atoms with Crippen molar-refractivity contribution in [2.24, 2.45) is 11.3 Å². The van der Waals surface area contributed by atoms with Gasteiger partial charge in [0.15, 0.2) is 0 Å². The second kappa shape index (κ2) is 3.78. The van der Waals surface area contributed by atoms with Gasteiger partial charge in [-0.15, -0.1) is 0 Å². The molecule has 0 bridgehead atoms. The van der Waals surface area contributed by atoms with E-state index in [0.717, 1.165) is 12.0 Å². The van der Waals surface area contributed by atoms with E-state index < -0.39 is 0 Å². The van der Waals surface area contributed by atoms with Crippen molar-refractivity contribution in [2.75, 3.05) is 7.05 Å². The Morgan fingerprint density at radius 3 is 2.33 bits per heavy atom. The van der Waals surface area contributed by atoms with Gasteiger partial charge in [0, 0.05) is 6.04 Å². The molecule has 0 spiro atoms. The largest absolute Gasteiger partial charge is 0.317 e. The molecule has 0 unspecified atom stereocenters. The Labute approximate surface area is 76.9 Å². The highest BCUT2D eigenvalue weighted by molar-refractivity contribution is 4.83. The summed E-state index contributed by atoms with van der Waals surface area (Å²) in [5.41, 5.74) is 0.509. The molecule has 1 fully saturated rings. The first kappa shape index (κ1) is 10.0. The van der Waals surface area contributed by atoms with Crippen molar-refractivity contribution in [1.29, 1.82) is 0 Å². The molecule has 0 saturated heterocycles. The summed E-state index contributed by atoms with van der Waals surface area (Å²) in [6.45, 7) is 7.11. The second-order valence-electron chi connectivity index (χ2n) is 5.22. The van der Waals surface area contributed by atoms with Crippen molar-refractivity contribution in [1.82, 2.24) is 5.32 Å². The zero-order valence-corrected chi connectivity index (χ0v) is 8.98. The van der Waals surface area contributed by atoms with Crippen molar-refractivity contribution < 1.29 is 0 Å². The Hall–Kier alpha value is -0.0400. The molecule has 1 aliphatic rings. The van der Waals surface area contributed by atoms with E-state index in [2.05, 4.69) is 33.1 Å². The third-order valence-electron chi connectivity index (χ3n) is 3.31. The summed E-state index contributed by atoms with van der Waals surface area (Å²) < 4.78 is 0. The van der Waals surface area contributed by atoms with E-state index in [0.29, 0.717) is 5.41 Å². The zero-order chi connectivity index (χ0) is 9.19. The first-order valence-electron chi connectivity index (χ1n) is 5.21. The summed E-state index contributed by atoms with van der Waals surface area (Å²) in [7, 11) is 2.09. The van der Waals surface area contributed by atoms with Crippen molar-refractivity contribution in [3.05, 3.63) is 0 Å². The Morgan fingerprint density at radius 1 is 1.17 bits per heavy atom. The fourth-order valence-electron chi connectivity index (χ4n) is 2.24. The van der Waals surface area contributed by atoms with Crippen LogP contribution in [0, 0.1) is 11.3 Å². The molecule has 72 valence electrons. The van der Waals surface area contributed by atoms with Crippen LogP contribution in [0.15, 0.2) is 0 Å². The topological polar surface area (TPSA) is 12.0 Å². The quantitative estimate of drug-likeness (QED) is 0.636. The lowest BCUT2D eigenvalue weighted by Crippen LogP contribution is -2.35. The fraction of sp³-hybridized carbons (Fsp3) is 1.00. The highest BCUT2D eigenvalue weighted by atomic mass is 14.9. The molecule has 0 amide bonds. The molecule has 0 aromatic carbocycles. The SMILES string of the molecule is CN[C@@H]1CCC[C@H](C(C)(C)C)C1. The van der Waals surface area contributed by atoms with Crippen LogP contribution >= 0.6 is 0 Å². The van der Waals surface area contributed by atoms with E-state index in [1.54, 1.807) is 0 Å². The van der Waals surface area contributed by atoms with Crippen LogP contribution in [-0.4, -0.2) is 13.1 Å². The predicted molar refractivity (Wildman–Crippen MR) is 54.3 cm³/mol. The molecule has 1 N–H and O–H groups in total. The van der Waals surface area contributed by atoms with Gasteiger partial charge < -0.3 is 5.32 Å². The molecule has 1 rings (SSSR count). The molecule has 1 nitrogen and oxygen atoms in total. The predicted octanol–water partition coefficient (Wildman–Crippen LogP) is 2.81. The van der Waals surface area contributed by atoms with Gasteiger partial charge in [0.2, 0.25) is 0 Å². The smallest absolute Gasteiger partial charge is 0.00669 e. The summed E-state index contributed by atoms with van der Waals surface area (Å²) in [5.74, 6) is 0.920. The lowest BCUT2D eigenvalue weighted by Gasteiger charge is -2.37. The molecular formula is C11H23N. The molecule has 0 aromatic rings. The minimum Gasteiger partial charge on any atom is -0.317 e. The van der Waals surface area contributed by atoms with Gasteiger partial charge in [0.25, 0.3) is 0 Å². The van der Waals surface area contributed by atoms with Crippen molar-refractivity contribution >= 4 is 0 Å². The first-order chi connectivity index (χ1) is 5.54. The average Bonchev–Trinajstić information content (AvgIpc) is 2.03. The standard InChI is InChI=1S/C11H23N/c1-11(2,3)9-6-5-7-10(8-9)12-4/h9-10,12H,5-8H2,1-4H3/t9-,10+/m0/s1. The maximum Gasteiger partial charge on any atom is 0.00669 e. The van der Waals surface area contributed by atoms with Crippen LogP contribution in [-0.2, 0) is 0 Å². The first-order valence-corrected chi connectivity index (χ1v) is 5.21. The van der Waals surface area contributed by atoms with Gasteiger partial charge in [-0.05, 0) is 37.6 Å². The summed E-state index contributed by atoms with van der Waals surface area (Å²) in [6.07, 6.45) is 5.60. The van der Waals surface area contributed by atoms with E-state index >= 15 is 0 Å². The highest BCUT2D eigenvalue weighted by Gasteiger charge is 2.29. The Kier molecular flexibility index (Phi) is 3.16. The molecule has 0 aliphatic heterocycles. The monoisotopic (exact) mass is 169 g/mol. The second-order valence-corrected chi connectivity index (χ2v) is 5.22. The fourth-order valence-corrected chi connectivity index (χ4v) is 2.24. The van der Waals surface area contributed by atoms with Crippen molar-refractivity contribution in [3.63, 3.8) is 0 Å². The van der Waals surface area contributed by atoms with Crippen LogP contribution in [0.25, 0.3) is 0 Å². The molecule has 0 heterocycles. The Balaban J connectivity index is 2.46. The minimum atomic E-state index is 0.509. The van der Waals surface area contributed by atoms with Gasteiger partial charge in [0.1, 0.15) is 0 Å². The Bertz CT molecular complexity index is 134. The third kappa shape index (κ3) is 2.48. The normalized spacial score (nSPS) is 32.0. The van der Waals surface area contributed by atoms with Crippen LogP contribution in [0.1, 0.15) is 46.5 Å². The van der Waals surface area contributed by atoms with Gasteiger partial charge >= 0.3 is 0 Å². The summed E-state index contributed by atoms with van der Waals surface area (Å²) in [4.78, 5) is 0. The molecule has 1 heteroatoms. The lowest BCUT2D eigenvalue weighted by atomic mass is 9.71. The van der Waals surface area contributed by atoms with Crippen LogP contribution in [0.5, 0.6) is 0 Å². The van der Waals surface area contributed by atoms with Crippen LogP contribution < -0.4 is 5.32 Å². The number of nitrogens with one attached hydrogen (secondary N) is 1. The van der Waals surface area contributed by atoms with Gasteiger partial charge in [-0.1, -0.05) is 27.2 Å². The maximum atomic E-state index is 3.41. The van der Waals surface area contributed by atoms with E-state index in [-0.39, 0.29) is 0 Å². The number of hydrogen-bond donors (Lipinski definition) is 1.